The molecule has 0 saturated carbocycles. The van der Waals surface area contributed by atoms with Crippen LogP contribution in [-0.2, 0) is 26.1 Å². The van der Waals surface area contributed by atoms with Crippen molar-refractivity contribution in [2.24, 2.45) is 0 Å². The maximum Gasteiger partial charge on any atom is 0.242 e. The molecule has 0 radical (unpaired) electrons. The first-order valence-electron chi connectivity index (χ1n) is 7.87. The number of carbonyl (C=O) groups is 1. The van der Waals surface area contributed by atoms with Gasteiger partial charge in [-0.05, 0) is 24.6 Å². The van der Waals surface area contributed by atoms with Crippen LogP contribution in [0.2, 0.25) is 0 Å². The smallest absolute Gasteiger partial charge is 0.242 e. The molecule has 2 aromatic rings. The highest BCUT2D eigenvalue weighted by Gasteiger charge is 2.18. The average Bonchev–Trinajstić information content (AvgIpc) is 2.99. The second-order valence-corrected chi connectivity index (χ2v) is 7.85. The van der Waals surface area contributed by atoms with Crippen LogP contribution in [0.25, 0.3) is 11.0 Å². The maximum absolute atomic E-state index is 12.2. The third-order valence-electron chi connectivity index (χ3n) is 3.66. The molecule has 0 atom stereocenters. The molecule has 1 aromatic heterocycles. The number of hydrogen-bond donors (Lipinski definition) is 1. The number of hydrogen-bond acceptors (Lipinski definition) is 6. The maximum atomic E-state index is 12.2. The van der Waals surface area contributed by atoms with E-state index in [9.17, 15) is 13.2 Å². The van der Waals surface area contributed by atoms with Crippen LogP contribution in [0.4, 0.5) is 0 Å². The van der Waals surface area contributed by atoms with Crippen LogP contribution in [0, 0.1) is 0 Å². The van der Waals surface area contributed by atoms with E-state index in [-0.39, 0.29) is 17.2 Å². The van der Waals surface area contributed by atoms with E-state index in [4.69, 9.17) is 4.74 Å². The van der Waals surface area contributed by atoms with Crippen molar-refractivity contribution in [2.75, 3.05) is 34.4 Å². The van der Waals surface area contributed by atoms with Crippen molar-refractivity contribution in [3.63, 3.8) is 0 Å². The molecule has 0 unspecified atom stereocenters. The molecule has 0 bridgehead atoms. The molecule has 138 valence electrons. The minimum absolute atomic E-state index is 0.0773. The van der Waals surface area contributed by atoms with Gasteiger partial charge < -0.3 is 10.1 Å². The molecule has 0 aliphatic carbocycles. The van der Waals surface area contributed by atoms with Gasteiger partial charge in [-0.15, -0.1) is 5.10 Å². The van der Waals surface area contributed by atoms with E-state index in [1.165, 1.54) is 26.2 Å². The van der Waals surface area contributed by atoms with E-state index < -0.39 is 10.0 Å². The number of nitrogens with zero attached hydrogens (tertiary/aromatic N) is 4. The van der Waals surface area contributed by atoms with Gasteiger partial charge in [0.25, 0.3) is 0 Å². The van der Waals surface area contributed by atoms with Gasteiger partial charge in [0, 0.05) is 40.8 Å². The monoisotopic (exact) mass is 369 g/mol. The number of rotatable bonds is 9. The molecule has 25 heavy (non-hydrogen) atoms. The van der Waals surface area contributed by atoms with Gasteiger partial charge in [-0.3, -0.25) is 4.79 Å². The van der Waals surface area contributed by atoms with Crippen molar-refractivity contribution < 1.29 is 17.9 Å². The molecule has 10 heteroatoms. The first-order valence-corrected chi connectivity index (χ1v) is 9.31. The van der Waals surface area contributed by atoms with Gasteiger partial charge in [0.05, 0.1) is 17.0 Å². The fourth-order valence-electron chi connectivity index (χ4n) is 2.23. The summed E-state index contributed by atoms with van der Waals surface area (Å²) in [4.78, 5) is 12.0. The number of fused-ring (bicyclic) bond motifs is 1. The predicted molar refractivity (Wildman–Crippen MR) is 92.5 cm³/mol. The molecule has 0 spiro atoms. The van der Waals surface area contributed by atoms with Crippen LogP contribution in [0.15, 0.2) is 23.1 Å². The Morgan fingerprint density at radius 1 is 1.36 bits per heavy atom. The standard InChI is InChI=1S/C15H23N5O4S/c1-19(2)25(22,23)12-5-6-14-13(11-12)17-18-20(14)9-7-15(21)16-8-4-10-24-3/h5-6,11H,4,7-10H2,1-3H3,(H,16,21). The third-order valence-corrected chi connectivity index (χ3v) is 5.47. The lowest BCUT2D eigenvalue weighted by Gasteiger charge is -2.11. The molecule has 2 rings (SSSR count). The van der Waals surface area contributed by atoms with E-state index in [1.807, 2.05) is 0 Å². The van der Waals surface area contributed by atoms with Crippen LogP contribution < -0.4 is 5.32 Å². The SMILES string of the molecule is COCCCNC(=O)CCn1nnc2cc(S(=O)(=O)N(C)C)ccc21. The van der Waals surface area contributed by atoms with Crippen molar-refractivity contribution >= 4 is 27.0 Å². The van der Waals surface area contributed by atoms with E-state index in [1.54, 1.807) is 17.9 Å². The summed E-state index contributed by atoms with van der Waals surface area (Å²) in [5.41, 5.74) is 1.16. The fraction of sp³-hybridized carbons (Fsp3) is 0.533. The Balaban J connectivity index is 2.03. The van der Waals surface area contributed by atoms with Gasteiger partial charge in [0.1, 0.15) is 5.52 Å². The van der Waals surface area contributed by atoms with Gasteiger partial charge >= 0.3 is 0 Å². The lowest BCUT2D eigenvalue weighted by molar-refractivity contribution is -0.121. The van der Waals surface area contributed by atoms with Gasteiger partial charge in [-0.1, -0.05) is 5.21 Å². The Hall–Kier alpha value is -2.04. The molecule has 0 aliphatic heterocycles. The molecular formula is C15H23N5O4S. The summed E-state index contributed by atoms with van der Waals surface area (Å²) in [6.07, 6.45) is 1.03. The van der Waals surface area contributed by atoms with Crippen molar-refractivity contribution in [1.82, 2.24) is 24.6 Å². The molecule has 0 saturated heterocycles. The van der Waals surface area contributed by atoms with Crippen LogP contribution in [0.5, 0.6) is 0 Å². The normalized spacial score (nSPS) is 12.0. The van der Waals surface area contributed by atoms with Crippen molar-refractivity contribution in [2.45, 2.75) is 24.3 Å². The molecular weight excluding hydrogens is 346 g/mol. The lowest BCUT2D eigenvalue weighted by Crippen LogP contribution is -2.26. The lowest BCUT2D eigenvalue weighted by atomic mass is 10.3. The number of carbonyl (C=O) groups excluding carboxylic acids is 1. The van der Waals surface area contributed by atoms with Crippen molar-refractivity contribution in [1.29, 1.82) is 0 Å². The number of amides is 1. The van der Waals surface area contributed by atoms with E-state index in [2.05, 4.69) is 15.6 Å². The highest BCUT2D eigenvalue weighted by Crippen LogP contribution is 2.19. The van der Waals surface area contributed by atoms with Crippen LogP contribution in [0.3, 0.4) is 0 Å². The van der Waals surface area contributed by atoms with Gasteiger partial charge in [-0.25, -0.2) is 17.4 Å². The zero-order chi connectivity index (χ0) is 18.4. The topological polar surface area (TPSA) is 106 Å². The molecule has 0 aliphatic rings. The minimum Gasteiger partial charge on any atom is -0.385 e. The Labute approximate surface area is 147 Å². The first kappa shape index (κ1) is 19.3. The molecule has 0 fully saturated rings. The Kier molecular flexibility index (Phi) is 6.45. The van der Waals surface area contributed by atoms with Crippen LogP contribution in [0.1, 0.15) is 12.8 Å². The summed E-state index contributed by atoms with van der Waals surface area (Å²) >= 11 is 0. The number of methoxy groups -OCH3 is 1. The van der Waals surface area contributed by atoms with Gasteiger partial charge in [0.2, 0.25) is 15.9 Å². The summed E-state index contributed by atoms with van der Waals surface area (Å²) in [6, 6.07) is 4.66. The van der Waals surface area contributed by atoms with E-state index in [0.29, 0.717) is 30.7 Å². The Bertz CT molecular complexity index is 832. The quantitative estimate of drug-likeness (QED) is 0.634. The minimum atomic E-state index is -3.52. The van der Waals surface area contributed by atoms with Gasteiger partial charge in [0.15, 0.2) is 0 Å². The van der Waals surface area contributed by atoms with Crippen LogP contribution in [-0.4, -0.2) is 68.0 Å². The summed E-state index contributed by atoms with van der Waals surface area (Å²) < 4.78 is 32.0. The number of benzene rings is 1. The molecule has 1 N–H and O–H groups in total. The fourth-order valence-corrected chi connectivity index (χ4v) is 3.15. The van der Waals surface area contributed by atoms with Crippen LogP contribution >= 0.6 is 0 Å². The number of nitrogens with one attached hydrogen (secondary N) is 1. The van der Waals surface area contributed by atoms with Crippen molar-refractivity contribution in [3.8, 4) is 0 Å². The summed E-state index contributed by atoms with van der Waals surface area (Å²) in [5.74, 6) is -0.0773. The summed E-state index contributed by atoms with van der Waals surface area (Å²) in [6.45, 7) is 1.54. The third kappa shape index (κ3) is 4.74. The number of sulfonamides is 1. The first-order chi connectivity index (χ1) is 11.9. The second kappa shape index (κ2) is 8.37. The van der Waals surface area contributed by atoms with Crippen molar-refractivity contribution in [3.05, 3.63) is 18.2 Å². The van der Waals surface area contributed by atoms with E-state index in [0.717, 1.165) is 10.7 Å². The highest BCUT2D eigenvalue weighted by atomic mass is 32.2. The average molecular weight is 369 g/mol. The van der Waals surface area contributed by atoms with E-state index >= 15 is 0 Å². The largest absolute Gasteiger partial charge is 0.385 e. The highest BCUT2D eigenvalue weighted by molar-refractivity contribution is 7.89. The molecule has 9 nitrogen and oxygen atoms in total. The number of aryl methyl sites for hydroxylation is 1. The number of aromatic nitrogens is 3. The molecule has 1 aromatic carbocycles. The summed E-state index contributed by atoms with van der Waals surface area (Å²) in [5, 5.41) is 10.8. The predicted octanol–water partition coefficient (Wildman–Crippen LogP) is 0.224. The zero-order valence-corrected chi connectivity index (χ0v) is 15.4. The number of ether oxygens (including phenoxy) is 1. The second-order valence-electron chi connectivity index (χ2n) is 5.70. The molecule has 1 amide bonds. The Morgan fingerprint density at radius 2 is 2.12 bits per heavy atom. The van der Waals surface area contributed by atoms with Gasteiger partial charge in [-0.2, -0.15) is 0 Å². The molecule has 1 heterocycles. The zero-order valence-electron chi connectivity index (χ0n) is 14.6. The summed E-state index contributed by atoms with van der Waals surface area (Å²) in [7, 11) is 1.05. The Morgan fingerprint density at radius 3 is 2.80 bits per heavy atom.